The Morgan fingerprint density at radius 3 is 2.16 bits per heavy atom. The second-order valence-corrected chi connectivity index (χ2v) is 5.03. The van der Waals surface area contributed by atoms with Crippen LogP contribution in [0.5, 0.6) is 11.5 Å². The Morgan fingerprint density at radius 1 is 1.00 bits per heavy atom. The van der Waals surface area contributed by atoms with Crippen molar-refractivity contribution >= 4 is 0 Å². The second kappa shape index (κ2) is 10.7. The average Bonchev–Trinajstić information content (AvgIpc) is 2.63. The third kappa shape index (κ3) is 5.53. The van der Waals surface area contributed by atoms with Crippen molar-refractivity contribution in [2.75, 3.05) is 40.5 Å². The molecule has 0 saturated carbocycles. The molecule has 1 unspecified atom stereocenters. The lowest BCUT2D eigenvalue weighted by atomic mass is 10.0. The predicted octanol–water partition coefficient (Wildman–Crippen LogP) is 1.94. The van der Waals surface area contributed by atoms with Crippen molar-refractivity contribution in [1.29, 1.82) is 0 Å². The lowest BCUT2D eigenvalue weighted by molar-refractivity contribution is 0.0510. The van der Waals surface area contributed by atoms with Crippen LogP contribution in [0.4, 0.5) is 0 Å². The summed E-state index contributed by atoms with van der Waals surface area (Å²) >= 11 is 0. The van der Waals surface area contributed by atoms with Gasteiger partial charge in [-0.2, -0.15) is 0 Å². The van der Waals surface area contributed by atoms with Crippen LogP contribution in [0.25, 0.3) is 0 Å². The monoisotopic (exact) mass is 335 g/mol. The molecule has 1 aromatic carbocycles. The summed E-state index contributed by atoms with van der Waals surface area (Å²) in [5.74, 6) is 11.2. The quantitative estimate of drug-likeness (QED) is 0.646. The highest BCUT2D eigenvalue weighted by molar-refractivity contribution is 5.56. The van der Waals surface area contributed by atoms with E-state index in [1.807, 2.05) is 17.0 Å². The zero-order valence-electron chi connectivity index (χ0n) is 14.5. The molecule has 0 radical (unpaired) electrons. The zero-order valence-corrected chi connectivity index (χ0v) is 14.5. The first-order valence-electron chi connectivity index (χ1n) is 7.51. The molecule has 4 heteroatoms. The normalized spacial score (nSPS) is 10.8. The molecule has 0 aliphatic carbocycles. The van der Waals surface area contributed by atoms with E-state index in [1.54, 1.807) is 7.11 Å². The van der Waals surface area contributed by atoms with Crippen LogP contribution in [0.15, 0.2) is 12.1 Å². The Bertz CT molecular complexity index is 725. The van der Waals surface area contributed by atoms with Crippen LogP contribution in [-0.4, -0.2) is 45.4 Å². The lowest BCUT2D eigenvalue weighted by Gasteiger charge is -2.25. The number of methoxy groups -OCH3 is 2. The van der Waals surface area contributed by atoms with Gasteiger partial charge in [0.1, 0.15) is 6.61 Å². The zero-order chi connectivity index (χ0) is 18.7. The fourth-order valence-electron chi connectivity index (χ4n) is 2.36. The van der Waals surface area contributed by atoms with Crippen LogP contribution in [0.3, 0.4) is 0 Å². The molecule has 128 valence electrons. The van der Waals surface area contributed by atoms with Crippen LogP contribution in [0.2, 0.25) is 0 Å². The maximum atomic E-state index is 5.79. The molecule has 1 rings (SSSR count). The van der Waals surface area contributed by atoms with Crippen molar-refractivity contribution in [1.82, 2.24) is 4.90 Å². The maximum Gasteiger partial charge on any atom is 0.176 e. The molecule has 1 atom stereocenters. The van der Waals surface area contributed by atoms with Crippen molar-refractivity contribution in [3.63, 3.8) is 0 Å². The van der Waals surface area contributed by atoms with Gasteiger partial charge in [0.2, 0.25) is 0 Å². The Hall–Kier alpha value is -3.02. The molecule has 0 aliphatic rings. The average molecular weight is 335 g/mol. The number of nitrogens with zero attached hydrogens (tertiary/aromatic N) is 1. The molecule has 25 heavy (non-hydrogen) atoms. The number of hydrogen-bond donors (Lipinski definition) is 0. The Labute approximate surface area is 150 Å². The summed E-state index contributed by atoms with van der Waals surface area (Å²) in [7, 11) is 3.08. The largest absolute Gasteiger partial charge is 0.493 e. The van der Waals surface area contributed by atoms with Crippen molar-refractivity contribution in [2.45, 2.75) is 6.10 Å². The third-order valence-corrected chi connectivity index (χ3v) is 3.45. The molecule has 0 amide bonds. The highest BCUT2D eigenvalue weighted by Crippen LogP contribution is 2.35. The van der Waals surface area contributed by atoms with Crippen molar-refractivity contribution in [3.8, 4) is 60.9 Å². The molecule has 0 spiro atoms. The molecular formula is C21H21NO3. The molecule has 0 saturated heterocycles. The highest BCUT2D eigenvalue weighted by Gasteiger charge is 2.20. The van der Waals surface area contributed by atoms with Gasteiger partial charge in [0.25, 0.3) is 0 Å². The van der Waals surface area contributed by atoms with Gasteiger partial charge in [0.05, 0.1) is 39.0 Å². The van der Waals surface area contributed by atoms with Crippen molar-refractivity contribution in [3.05, 3.63) is 23.3 Å². The topological polar surface area (TPSA) is 30.9 Å². The van der Waals surface area contributed by atoms with E-state index in [-0.39, 0.29) is 12.7 Å². The van der Waals surface area contributed by atoms with E-state index in [2.05, 4.69) is 23.7 Å². The molecule has 0 fully saturated rings. The molecule has 0 bridgehead atoms. The third-order valence-electron chi connectivity index (χ3n) is 3.45. The molecule has 0 aromatic heterocycles. The summed E-state index contributed by atoms with van der Waals surface area (Å²) in [6.45, 7) is 1.41. The molecule has 1 aromatic rings. The first-order valence-corrected chi connectivity index (χ1v) is 7.51. The minimum Gasteiger partial charge on any atom is -0.493 e. The SMILES string of the molecule is C#CCOC(CN(CC#C)CC#C)c1cc(C#C)c(OC)c(OC)c1. The number of benzene rings is 1. The highest BCUT2D eigenvalue weighted by atomic mass is 16.5. The van der Waals surface area contributed by atoms with Crippen LogP contribution in [0.1, 0.15) is 17.2 Å². The smallest absolute Gasteiger partial charge is 0.176 e. The van der Waals surface area contributed by atoms with Gasteiger partial charge in [-0.25, -0.2) is 0 Å². The van der Waals surface area contributed by atoms with Gasteiger partial charge in [-0.3, -0.25) is 4.90 Å². The second-order valence-electron chi connectivity index (χ2n) is 5.03. The van der Waals surface area contributed by atoms with Crippen molar-refractivity contribution < 1.29 is 14.2 Å². The first-order chi connectivity index (χ1) is 12.1. The van der Waals surface area contributed by atoms with Gasteiger partial charge in [-0.15, -0.1) is 25.7 Å². The van der Waals surface area contributed by atoms with Crippen LogP contribution in [0, 0.1) is 49.4 Å². The summed E-state index contributed by atoms with van der Waals surface area (Å²) in [6, 6.07) is 3.62. The molecule has 4 nitrogen and oxygen atoms in total. The van der Waals surface area contributed by atoms with Crippen LogP contribution >= 0.6 is 0 Å². The van der Waals surface area contributed by atoms with Gasteiger partial charge in [0.15, 0.2) is 11.5 Å². The summed E-state index contributed by atoms with van der Waals surface area (Å²) < 4.78 is 16.5. The Balaban J connectivity index is 3.27. The van der Waals surface area contributed by atoms with E-state index in [0.717, 1.165) is 5.56 Å². The maximum absolute atomic E-state index is 5.79. The Kier molecular flexibility index (Phi) is 8.57. The molecular weight excluding hydrogens is 314 g/mol. The minimum atomic E-state index is -0.371. The summed E-state index contributed by atoms with van der Waals surface area (Å²) in [6.07, 6.45) is 21.4. The number of rotatable bonds is 9. The summed E-state index contributed by atoms with van der Waals surface area (Å²) in [4.78, 5) is 1.91. The first kappa shape index (κ1) is 20.0. The van der Waals surface area contributed by atoms with Gasteiger partial charge >= 0.3 is 0 Å². The lowest BCUT2D eigenvalue weighted by Crippen LogP contribution is -2.31. The van der Waals surface area contributed by atoms with Crippen LogP contribution < -0.4 is 9.47 Å². The van der Waals surface area contributed by atoms with E-state index in [1.165, 1.54) is 7.11 Å². The fourth-order valence-corrected chi connectivity index (χ4v) is 2.36. The van der Waals surface area contributed by atoms with E-state index >= 15 is 0 Å². The molecule has 0 N–H and O–H groups in total. The van der Waals surface area contributed by atoms with E-state index < -0.39 is 0 Å². The number of ether oxygens (including phenoxy) is 3. The van der Waals surface area contributed by atoms with E-state index in [0.29, 0.717) is 36.7 Å². The predicted molar refractivity (Wildman–Crippen MR) is 99.1 cm³/mol. The number of hydrogen-bond acceptors (Lipinski definition) is 4. The Morgan fingerprint density at radius 2 is 1.68 bits per heavy atom. The van der Waals surface area contributed by atoms with Gasteiger partial charge in [-0.05, 0) is 17.7 Å². The molecule has 0 aliphatic heterocycles. The van der Waals surface area contributed by atoms with Crippen LogP contribution in [-0.2, 0) is 4.74 Å². The molecule has 0 heterocycles. The fraction of sp³-hybridized carbons (Fsp3) is 0.333. The van der Waals surface area contributed by atoms with Gasteiger partial charge < -0.3 is 14.2 Å². The minimum absolute atomic E-state index is 0.143. The summed E-state index contributed by atoms with van der Waals surface area (Å²) in [5.41, 5.74) is 1.37. The standard InChI is InChI=1S/C21H21NO3/c1-7-11-22(12-8-2)16-20(25-13-9-3)18-14-17(10-4)21(24-6)19(15-18)23-5/h1-4,14-15,20H,11-13,16H2,5-6H3. The summed E-state index contributed by atoms with van der Waals surface area (Å²) in [5, 5.41) is 0. The van der Waals surface area contributed by atoms with E-state index in [9.17, 15) is 0 Å². The number of terminal acetylenes is 4. The van der Waals surface area contributed by atoms with Gasteiger partial charge in [-0.1, -0.05) is 23.7 Å². The van der Waals surface area contributed by atoms with Crippen molar-refractivity contribution in [2.24, 2.45) is 0 Å². The van der Waals surface area contributed by atoms with E-state index in [4.69, 9.17) is 39.9 Å². The van der Waals surface area contributed by atoms with Gasteiger partial charge in [0, 0.05) is 6.54 Å².